The molecule has 0 unspecified atom stereocenters. The van der Waals surface area contributed by atoms with Crippen LogP contribution >= 0.6 is 0 Å². The highest BCUT2D eigenvalue weighted by molar-refractivity contribution is 5.78. The Bertz CT molecular complexity index is 433. The van der Waals surface area contributed by atoms with Gasteiger partial charge in [0, 0.05) is 18.5 Å². The summed E-state index contributed by atoms with van der Waals surface area (Å²) in [5.41, 5.74) is 1.19. The van der Waals surface area contributed by atoms with Gasteiger partial charge in [0.05, 0.1) is 12.6 Å². The number of carbonyl (C=O) groups excluding carboxylic acids is 1. The number of nitrogens with one attached hydrogen (secondary N) is 1. The summed E-state index contributed by atoms with van der Waals surface area (Å²) in [6, 6.07) is 10.3. The highest BCUT2D eigenvalue weighted by Gasteiger charge is 2.29. The molecule has 1 amide bonds. The Morgan fingerprint density at radius 1 is 1.40 bits per heavy atom. The van der Waals surface area contributed by atoms with Crippen LogP contribution in [-0.2, 0) is 4.79 Å². The second-order valence-corrected chi connectivity index (χ2v) is 5.83. The zero-order valence-electron chi connectivity index (χ0n) is 12.2. The molecule has 1 aromatic rings. The molecular formula is C16H24N2O2. The highest BCUT2D eigenvalue weighted by atomic mass is 16.3. The van der Waals surface area contributed by atoms with Crippen LogP contribution in [0.5, 0.6) is 0 Å². The Morgan fingerprint density at radius 2 is 2.10 bits per heavy atom. The first kappa shape index (κ1) is 15.0. The lowest BCUT2D eigenvalue weighted by Crippen LogP contribution is -2.47. The van der Waals surface area contributed by atoms with Crippen molar-refractivity contribution in [3.63, 3.8) is 0 Å². The van der Waals surface area contributed by atoms with Crippen LogP contribution in [0.4, 0.5) is 0 Å². The van der Waals surface area contributed by atoms with Gasteiger partial charge >= 0.3 is 0 Å². The van der Waals surface area contributed by atoms with Crippen LogP contribution in [-0.4, -0.2) is 47.7 Å². The van der Waals surface area contributed by atoms with Gasteiger partial charge in [0.25, 0.3) is 0 Å². The number of nitrogens with zero attached hydrogens (tertiary/aromatic N) is 1. The van der Waals surface area contributed by atoms with E-state index in [1.807, 2.05) is 36.9 Å². The van der Waals surface area contributed by atoms with Gasteiger partial charge in [-0.15, -0.1) is 0 Å². The van der Waals surface area contributed by atoms with Crippen molar-refractivity contribution in [2.75, 3.05) is 19.6 Å². The number of piperidine rings is 1. The SMILES string of the molecule is CC(C)NC(=O)CN1CC[C@@H](c2ccccc2)[C@H](O)C1. The molecule has 1 aliphatic rings. The molecule has 0 radical (unpaired) electrons. The molecule has 1 aromatic carbocycles. The van der Waals surface area contributed by atoms with E-state index in [0.717, 1.165) is 13.0 Å². The quantitative estimate of drug-likeness (QED) is 0.873. The zero-order chi connectivity index (χ0) is 14.5. The largest absolute Gasteiger partial charge is 0.391 e. The number of likely N-dealkylation sites (tertiary alicyclic amines) is 1. The molecule has 0 saturated carbocycles. The summed E-state index contributed by atoms with van der Waals surface area (Å²) in [6.45, 7) is 5.69. The van der Waals surface area contributed by atoms with Crippen molar-refractivity contribution < 1.29 is 9.90 Å². The number of aliphatic hydroxyl groups excluding tert-OH is 1. The fourth-order valence-corrected chi connectivity index (χ4v) is 2.80. The molecule has 0 aliphatic carbocycles. The number of β-amino-alcohol motifs (C(OH)–C–C–N with tert-alkyl or cyclic N) is 1. The molecule has 1 fully saturated rings. The molecule has 2 rings (SSSR count). The Balaban J connectivity index is 1.88. The molecule has 0 spiro atoms. The number of benzene rings is 1. The van der Waals surface area contributed by atoms with E-state index in [4.69, 9.17) is 0 Å². The number of hydrogen-bond acceptors (Lipinski definition) is 3. The molecule has 1 saturated heterocycles. The zero-order valence-corrected chi connectivity index (χ0v) is 12.2. The minimum atomic E-state index is -0.405. The normalized spacial score (nSPS) is 23.8. The predicted octanol–water partition coefficient (Wildman–Crippen LogP) is 1.36. The van der Waals surface area contributed by atoms with Crippen molar-refractivity contribution in [2.45, 2.75) is 38.3 Å². The second kappa shape index (κ2) is 6.86. The van der Waals surface area contributed by atoms with Crippen molar-refractivity contribution in [2.24, 2.45) is 0 Å². The number of aliphatic hydroxyl groups is 1. The fourth-order valence-electron chi connectivity index (χ4n) is 2.80. The van der Waals surface area contributed by atoms with Gasteiger partial charge in [-0.25, -0.2) is 0 Å². The molecule has 4 heteroatoms. The van der Waals surface area contributed by atoms with E-state index in [0.29, 0.717) is 13.1 Å². The molecule has 110 valence electrons. The maximum absolute atomic E-state index is 11.7. The van der Waals surface area contributed by atoms with Gasteiger partial charge in [-0.2, -0.15) is 0 Å². The van der Waals surface area contributed by atoms with Crippen molar-refractivity contribution in [3.8, 4) is 0 Å². The molecule has 4 nitrogen and oxygen atoms in total. The third-order valence-electron chi connectivity index (χ3n) is 3.71. The van der Waals surface area contributed by atoms with Crippen LogP contribution in [0.3, 0.4) is 0 Å². The highest BCUT2D eigenvalue weighted by Crippen LogP contribution is 2.27. The van der Waals surface area contributed by atoms with E-state index >= 15 is 0 Å². The molecular weight excluding hydrogens is 252 g/mol. The predicted molar refractivity (Wildman–Crippen MR) is 79.5 cm³/mol. The molecule has 2 atom stereocenters. The van der Waals surface area contributed by atoms with Crippen LogP contribution in [0.2, 0.25) is 0 Å². The van der Waals surface area contributed by atoms with E-state index in [2.05, 4.69) is 17.4 Å². The van der Waals surface area contributed by atoms with Gasteiger partial charge in [0.2, 0.25) is 5.91 Å². The lowest BCUT2D eigenvalue weighted by molar-refractivity contribution is -0.123. The monoisotopic (exact) mass is 276 g/mol. The van der Waals surface area contributed by atoms with Crippen molar-refractivity contribution in [1.29, 1.82) is 0 Å². The maximum Gasteiger partial charge on any atom is 0.234 e. The molecule has 0 aromatic heterocycles. The molecule has 0 bridgehead atoms. The van der Waals surface area contributed by atoms with Crippen LogP contribution in [0.25, 0.3) is 0 Å². The molecule has 1 heterocycles. The summed E-state index contributed by atoms with van der Waals surface area (Å²) in [5.74, 6) is 0.214. The minimum absolute atomic E-state index is 0.0327. The maximum atomic E-state index is 11.7. The van der Waals surface area contributed by atoms with E-state index in [1.54, 1.807) is 0 Å². The Kier molecular flexibility index (Phi) is 5.15. The summed E-state index contributed by atoms with van der Waals surface area (Å²) in [4.78, 5) is 13.8. The summed E-state index contributed by atoms with van der Waals surface area (Å²) in [6.07, 6.45) is 0.484. The van der Waals surface area contributed by atoms with Gasteiger partial charge in [0.15, 0.2) is 0 Å². The van der Waals surface area contributed by atoms with Crippen LogP contribution < -0.4 is 5.32 Å². The summed E-state index contributed by atoms with van der Waals surface area (Å²) < 4.78 is 0. The number of hydrogen-bond donors (Lipinski definition) is 2. The van der Waals surface area contributed by atoms with E-state index in [9.17, 15) is 9.90 Å². The molecule has 20 heavy (non-hydrogen) atoms. The third kappa shape index (κ3) is 4.05. The summed E-state index contributed by atoms with van der Waals surface area (Å²) >= 11 is 0. The van der Waals surface area contributed by atoms with Gasteiger partial charge < -0.3 is 10.4 Å². The number of rotatable bonds is 4. The van der Waals surface area contributed by atoms with Crippen LogP contribution in [0, 0.1) is 0 Å². The number of carbonyl (C=O) groups is 1. The van der Waals surface area contributed by atoms with Crippen molar-refractivity contribution in [3.05, 3.63) is 35.9 Å². The molecule has 2 N–H and O–H groups in total. The Labute approximate surface area is 120 Å². The average Bonchev–Trinajstić information content (AvgIpc) is 2.38. The number of amides is 1. The minimum Gasteiger partial charge on any atom is -0.391 e. The summed E-state index contributed by atoms with van der Waals surface area (Å²) in [7, 11) is 0. The van der Waals surface area contributed by atoms with E-state index in [1.165, 1.54) is 5.56 Å². The fraction of sp³-hybridized carbons (Fsp3) is 0.562. The van der Waals surface area contributed by atoms with Gasteiger partial charge in [-0.3, -0.25) is 9.69 Å². The lowest BCUT2D eigenvalue weighted by atomic mass is 9.87. The first-order valence-corrected chi connectivity index (χ1v) is 7.31. The first-order valence-electron chi connectivity index (χ1n) is 7.31. The smallest absolute Gasteiger partial charge is 0.234 e. The van der Waals surface area contributed by atoms with Gasteiger partial charge in [-0.1, -0.05) is 30.3 Å². The summed E-state index contributed by atoms with van der Waals surface area (Å²) in [5, 5.41) is 13.2. The van der Waals surface area contributed by atoms with E-state index in [-0.39, 0.29) is 17.9 Å². The van der Waals surface area contributed by atoms with Crippen LogP contribution in [0.15, 0.2) is 30.3 Å². The lowest BCUT2D eigenvalue weighted by Gasteiger charge is -2.35. The standard InChI is InChI=1S/C16H24N2O2/c1-12(2)17-16(20)11-18-9-8-14(15(19)10-18)13-6-4-3-5-7-13/h3-7,12,14-15,19H,8-11H2,1-2H3,(H,17,20)/t14-,15+/m0/s1. The van der Waals surface area contributed by atoms with Crippen molar-refractivity contribution >= 4 is 5.91 Å². The third-order valence-corrected chi connectivity index (χ3v) is 3.71. The van der Waals surface area contributed by atoms with Crippen molar-refractivity contribution in [1.82, 2.24) is 10.2 Å². The average molecular weight is 276 g/mol. The first-order chi connectivity index (χ1) is 9.56. The van der Waals surface area contributed by atoms with E-state index < -0.39 is 6.10 Å². The van der Waals surface area contributed by atoms with Gasteiger partial charge in [0.1, 0.15) is 0 Å². The molecule has 1 aliphatic heterocycles. The topological polar surface area (TPSA) is 52.6 Å². The Hall–Kier alpha value is -1.39. The second-order valence-electron chi connectivity index (χ2n) is 5.83. The Morgan fingerprint density at radius 3 is 2.70 bits per heavy atom. The van der Waals surface area contributed by atoms with Gasteiger partial charge in [-0.05, 0) is 32.4 Å². The van der Waals surface area contributed by atoms with Crippen LogP contribution in [0.1, 0.15) is 31.7 Å².